The zero-order chi connectivity index (χ0) is 32.2. The van der Waals surface area contributed by atoms with Gasteiger partial charge in [0.05, 0.1) is 5.57 Å². The van der Waals surface area contributed by atoms with Crippen LogP contribution in [0.4, 0.5) is 0 Å². The first kappa shape index (κ1) is 31.7. The number of nitriles is 4. The molecule has 0 atom stereocenters. The molecule has 1 aliphatic rings. The second-order valence-electron chi connectivity index (χ2n) is 9.75. The van der Waals surface area contributed by atoms with Crippen molar-refractivity contribution in [3.63, 3.8) is 0 Å². The van der Waals surface area contributed by atoms with E-state index in [1.165, 1.54) is 22.3 Å². The Kier molecular flexibility index (Phi) is 10.4. The molecule has 0 amide bonds. The van der Waals surface area contributed by atoms with E-state index in [2.05, 4.69) is 126 Å². The molecular weight excluding hydrogens is 617 g/mol. The summed E-state index contributed by atoms with van der Waals surface area (Å²) in [5, 5.41) is 45.0. The quantitative estimate of drug-likeness (QED) is 0.185. The number of nitrogens with zero attached hydrogens (tertiary/aromatic N) is 7. The van der Waals surface area contributed by atoms with Crippen LogP contribution in [0.1, 0.15) is 0 Å². The molecular formula is C37H26AsN7. The Morgan fingerprint density at radius 1 is 0.600 bits per heavy atom. The Morgan fingerprint density at radius 2 is 0.978 bits per heavy atom. The van der Waals surface area contributed by atoms with Gasteiger partial charge in [-0.1, -0.05) is 0 Å². The van der Waals surface area contributed by atoms with Crippen LogP contribution < -0.4 is 17.4 Å². The maximum absolute atomic E-state index is 9.14. The predicted molar refractivity (Wildman–Crippen MR) is 180 cm³/mol. The van der Waals surface area contributed by atoms with Gasteiger partial charge in [0.2, 0.25) is 0 Å². The summed E-state index contributed by atoms with van der Waals surface area (Å²) in [6.45, 7) is 0. The summed E-state index contributed by atoms with van der Waals surface area (Å²) < 4.78 is 5.79. The van der Waals surface area contributed by atoms with E-state index < -0.39 is 19.1 Å². The first-order valence-electron chi connectivity index (χ1n) is 13.7. The topological polar surface area (TPSA) is 133 Å². The molecule has 0 bridgehead atoms. The Morgan fingerprint density at radius 3 is 1.24 bits per heavy atom. The molecule has 0 aromatic heterocycles. The van der Waals surface area contributed by atoms with Gasteiger partial charge in [-0.25, -0.2) is 10.9 Å². The molecule has 0 fully saturated rings. The van der Waals surface area contributed by atoms with E-state index in [0.717, 1.165) is 0 Å². The third-order valence-corrected chi connectivity index (χ3v) is 16.0. The zero-order valence-corrected chi connectivity index (χ0v) is 26.5. The van der Waals surface area contributed by atoms with E-state index in [1.54, 1.807) is 38.2 Å². The fourth-order valence-corrected chi connectivity index (χ4v) is 14.0. The predicted octanol–water partition coefficient (Wildman–Crippen LogP) is 3.83. The Balaban J connectivity index is 0.000000211. The summed E-state index contributed by atoms with van der Waals surface area (Å²) in [5.74, 6) is 1.79. The summed E-state index contributed by atoms with van der Waals surface area (Å²) in [4.78, 5) is 5.55. The van der Waals surface area contributed by atoms with E-state index in [4.69, 9.17) is 26.5 Å². The summed E-state index contributed by atoms with van der Waals surface area (Å²) in [5.41, 5.74) is -0.980. The molecule has 0 saturated heterocycles. The molecule has 7 nitrogen and oxygen atoms in total. The Labute approximate surface area is 265 Å². The van der Waals surface area contributed by atoms with Crippen molar-refractivity contribution >= 4 is 42.7 Å². The first-order chi connectivity index (χ1) is 22.0. The van der Waals surface area contributed by atoms with E-state index in [-0.39, 0.29) is 28.3 Å². The van der Waals surface area contributed by atoms with Gasteiger partial charge < -0.3 is 10.3 Å². The van der Waals surface area contributed by atoms with E-state index >= 15 is 0 Å². The molecule has 1 heterocycles. The van der Waals surface area contributed by atoms with Crippen molar-refractivity contribution < 1.29 is 0 Å². The van der Waals surface area contributed by atoms with Crippen molar-refractivity contribution in [2.24, 2.45) is 4.99 Å². The SMILES string of the molecule is CN(C)C1=N/C(=C(/C#N)C(=C=[N-])C#N)C(C#N)=C1C#N.c1ccc([As+](c2ccccc2)(c2ccccc2)c2ccccc2)cc1. The van der Waals surface area contributed by atoms with E-state index in [0.29, 0.717) is 0 Å². The number of rotatable bonds is 5. The summed E-state index contributed by atoms with van der Waals surface area (Å²) in [7, 11) is 3.25. The van der Waals surface area contributed by atoms with Crippen LogP contribution >= 0.6 is 0 Å². The minimum absolute atomic E-state index is 0.00970. The van der Waals surface area contributed by atoms with Crippen molar-refractivity contribution in [1.29, 1.82) is 21.0 Å². The van der Waals surface area contributed by atoms with Crippen LogP contribution in [0.15, 0.2) is 154 Å². The number of benzene rings is 4. The summed E-state index contributed by atoms with van der Waals surface area (Å²) >= 11 is -2.77. The van der Waals surface area contributed by atoms with Crippen LogP contribution in [0, 0.1) is 45.3 Å². The summed E-state index contributed by atoms with van der Waals surface area (Å²) in [6, 6.07) is 51.1. The van der Waals surface area contributed by atoms with Crippen molar-refractivity contribution in [3.8, 4) is 24.3 Å². The number of hydrogen-bond acceptors (Lipinski definition) is 6. The molecule has 5 rings (SSSR count). The van der Waals surface area contributed by atoms with Gasteiger partial charge in [0, 0.05) is 14.1 Å². The van der Waals surface area contributed by atoms with Crippen LogP contribution in [0.5, 0.6) is 0 Å². The van der Waals surface area contributed by atoms with Crippen LogP contribution in [-0.4, -0.2) is 44.3 Å². The number of aliphatic imine (C=N–C) groups is 1. The molecule has 8 heteroatoms. The molecule has 0 saturated carbocycles. The van der Waals surface area contributed by atoms with Gasteiger partial charge in [0.1, 0.15) is 52.5 Å². The van der Waals surface area contributed by atoms with Gasteiger partial charge in [0.15, 0.2) is 0 Å². The molecule has 1 aliphatic heterocycles. The van der Waals surface area contributed by atoms with Crippen molar-refractivity contribution in [2.45, 2.75) is 0 Å². The Bertz CT molecular complexity index is 1830. The van der Waals surface area contributed by atoms with Gasteiger partial charge in [-0.2, -0.15) is 21.0 Å². The third-order valence-electron chi connectivity index (χ3n) is 6.97. The zero-order valence-electron chi connectivity index (χ0n) is 24.6. The molecule has 0 spiro atoms. The number of amidine groups is 1. The van der Waals surface area contributed by atoms with E-state index in [1.807, 2.05) is 6.07 Å². The second-order valence-corrected chi connectivity index (χ2v) is 16.9. The average Bonchev–Trinajstić information content (AvgIpc) is 3.48. The number of allylic oxidation sites excluding steroid dienone is 3. The van der Waals surface area contributed by atoms with Crippen molar-refractivity contribution in [1.82, 2.24) is 4.90 Å². The maximum atomic E-state index is 9.14. The Hall–Kier alpha value is -6.20. The molecule has 0 radical (unpaired) electrons. The molecule has 0 unspecified atom stereocenters. The van der Waals surface area contributed by atoms with Gasteiger partial charge in [-0.15, -0.1) is 0 Å². The molecule has 0 aliphatic carbocycles. The first-order valence-corrected chi connectivity index (χ1v) is 17.5. The van der Waals surface area contributed by atoms with Crippen molar-refractivity contribution in [3.05, 3.63) is 155 Å². The third kappa shape index (κ3) is 6.28. The minimum atomic E-state index is -2.77. The second kappa shape index (κ2) is 14.8. The molecule has 4 aromatic carbocycles. The fraction of sp³-hybridized carbons (Fsp3) is 0.0541. The summed E-state index contributed by atoms with van der Waals surface area (Å²) in [6.07, 6.45) is 0. The van der Waals surface area contributed by atoms with Crippen LogP contribution in [0.2, 0.25) is 0 Å². The van der Waals surface area contributed by atoms with Gasteiger partial charge in [0.25, 0.3) is 0 Å². The fourth-order valence-electron chi connectivity index (χ4n) is 5.03. The number of hydrogen-bond donors (Lipinski definition) is 0. The monoisotopic (exact) mass is 643 g/mol. The van der Waals surface area contributed by atoms with Gasteiger partial charge >= 0.3 is 152 Å². The average molecular weight is 644 g/mol. The van der Waals surface area contributed by atoms with Crippen LogP contribution in [0.3, 0.4) is 0 Å². The van der Waals surface area contributed by atoms with Gasteiger partial charge in [-0.05, 0) is 0 Å². The number of likely N-dealkylation sites (N-methyl/N-ethyl adjacent to an activating group) is 1. The van der Waals surface area contributed by atoms with Gasteiger partial charge in [-0.3, -0.25) is 0 Å². The molecule has 0 N–H and O–H groups in total. The molecule has 214 valence electrons. The molecule has 4 aromatic rings. The van der Waals surface area contributed by atoms with Crippen molar-refractivity contribution in [2.75, 3.05) is 14.1 Å². The van der Waals surface area contributed by atoms with Crippen LogP contribution in [-0.2, 0) is 0 Å². The standard InChI is InChI=1S/C24H20As.C13H6N7/c1-5-13-21(14-6-1)25(22-15-7-2-8-16-22,23-17-9-3-10-18-23)24-19-11-4-12-20-24;1-20(2)13-11(7-18)10(6-17)12(19-13)9(5-16)8(3-14)4-15/h1-20H;1-2H3/q+1;-1/b;12-9-. The molecule has 45 heavy (non-hydrogen) atoms. The normalized spacial score (nSPS) is 12.9. The van der Waals surface area contributed by atoms with Crippen LogP contribution in [0.25, 0.3) is 5.41 Å². The van der Waals surface area contributed by atoms with E-state index in [9.17, 15) is 0 Å².